The lowest BCUT2D eigenvalue weighted by Gasteiger charge is -2.20. The largest absolute Gasteiger partial charge is 0.418 e. The maximum absolute atomic E-state index is 13.1. The van der Waals surface area contributed by atoms with E-state index in [9.17, 15) is 22.8 Å². The number of carbonyl (C=O) groups excluding carboxylic acids is 2. The molecule has 1 fully saturated rings. The number of nitrogens with one attached hydrogen (secondary N) is 2. The van der Waals surface area contributed by atoms with Crippen LogP contribution in [0.3, 0.4) is 0 Å². The van der Waals surface area contributed by atoms with Crippen molar-refractivity contribution in [1.82, 2.24) is 0 Å². The van der Waals surface area contributed by atoms with Crippen LogP contribution in [0.4, 0.5) is 24.5 Å². The summed E-state index contributed by atoms with van der Waals surface area (Å²) in [6.45, 7) is 0. The molecular weight excluding hydrogens is 449 g/mol. The van der Waals surface area contributed by atoms with Crippen LogP contribution in [0.5, 0.6) is 0 Å². The Balaban J connectivity index is 1.52. The molecule has 2 N–H and O–H groups in total. The van der Waals surface area contributed by atoms with Gasteiger partial charge in [-0.1, -0.05) is 30.9 Å². The topological polar surface area (TPSA) is 58.2 Å². The lowest BCUT2D eigenvalue weighted by molar-refractivity contribution is -0.137. The summed E-state index contributed by atoms with van der Waals surface area (Å²) >= 11 is 6.83. The maximum atomic E-state index is 13.1. The molecule has 1 aliphatic carbocycles. The van der Waals surface area contributed by atoms with E-state index < -0.39 is 17.6 Å². The summed E-state index contributed by atoms with van der Waals surface area (Å²) in [6.07, 6.45) is 0.543. The van der Waals surface area contributed by atoms with Gasteiger partial charge in [0.1, 0.15) is 0 Å². The number of rotatable bonds is 6. The molecule has 0 spiro atoms. The molecule has 31 heavy (non-hydrogen) atoms. The number of benzene rings is 2. The second-order valence-electron chi connectivity index (χ2n) is 7.37. The van der Waals surface area contributed by atoms with Crippen LogP contribution in [0.2, 0.25) is 5.02 Å². The van der Waals surface area contributed by atoms with Crippen molar-refractivity contribution in [2.45, 2.75) is 43.2 Å². The Morgan fingerprint density at radius 3 is 2.32 bits per heavy atom. The summed E-state index contributed by atoms with van der Waals surface area (Å²) in [6, 6.07) is 10.2. The van der Waals surface area contributed by atoms with Crippen molar-refractivity contribution in [2.75, 3.05) is 16.4 Å². The number of alkyl halides is 3. The average molecular weight is 471 g/mol. The Kier molecular flexibility index (Phi) is 7.89. The monoisotopic (exact) mass is 470 g/mol. The molecule has 0 radical (unpaired) electrons. The smallest absolute Gasteiger partial charge is 0.326 e. The summed E-state index contributed by atoms with van der Waals surface area (Å²) in [5.41, 5.74) is -0.639. The predicted octanol–water partition coefficient (Wildman–Crippen LogP) is 6.61. The molecule has 0 atom stereocenters. The molecule has 0 saturated heterocycles. The van der Waals surface area contributed by atoms with Gasteiger partial charge < -0.3 is 10.6 Å². The molecule has 0 aromatic heterocycles. The molecule has 0 heterocycles. The third kappa shape index (κ3) is 6.90. The Bertz CT molecular complexity index is 929. The number of anilines is 2. The highest BCUT2D eigenvalue weighted by atomic mass is 35.5. The molecule has 4 nitrogen and oxygen atoms in total. The minimum Gasteiger partial charge on any atom is -0.326 e. The predicted molar refractivity (Wildman–Crippen MR) is 117 cm³/mol. The lowest BCUT2D eigenvalue weighted by Crippen LogP contribution is -2.24. The molecule has 2 aromatic carbocycles. The Hall–Kier alpha value is -2.19. The fourth-order valence-corrected chi connectivity index (χ4v) is 4.31. The van der Waals surface area contributed by atoms with Gasteiger partial charge in [0.05, 0.1) is 17.0 Å². The zero-order chi connectivity index (χ0) is 22.4. The molecule has 1 saturated carbocycles. The summed E-state index contributed by atoms with van der Waals surface area (Å²) in [5, 5.41) is 5.15. The van der Waals surface area contributed by atoms with Gasteiger partial charge in [-0.25, -0.2) is 0 Å². The fraction of sp³-hybridized carbons (Fsp3) is 0.364. The number of hydrogen-bond acceptors (Lipinski definition) is 3. The van der Waals surface area contributed by atoms with Crippen LogP contribution in [-0.4, -0.2) is 17.6 Å². The van der Waals surface area contributed by atoms with Gasteiger partial charge >= 0.3 is 6.18 Å². The first kappa shape index (κ1) is 23.5. The summed E-state index contributed by atoms with van der Waals surface area (Å²) in [4.78, 5) is 25.2. The first-order valence-electron chi connectivity index (χ1n) is 9.93. The van der Waals surface area contributed by atoms with E-state index in [0.29, 0.717) is 5.69 Å². The zero-order valence-electron chi connectivity index (χ0n) is 16.6. The van der Waals surface area contributed by atoms with E-state index in [-0.39, 0.29) is 28.3 Å². The van der Waals surface area contributed by atoms with Crippen molar-refractivity contribution in [2.24, 2.45) is 5.92 Å². The SMILES string of the molecule is O=C(CSc1ccc(NC(=O)C2CCCCC2)cc1)Nc1ccc(Cl)cc1C(F)(F)F. The van der Waals surface area contributed by atoms with E-state index in [1.54, 1.807) is 24.3 Å². The number of halogens is 4. The van der Waals surface area contributed by atoms with Crippen molar-refractivity contribution in [1.29, 1.82) is 0 Å². The van der Waals surface area contributed by atoms with Crippen LogP contribution in [0.15, 0.2) is 47.4 Å². The van der Waals surface area contributed by atoms with Crippen molar-refractivity contribution in [3.05, 3.63) is 53.1 Å². The lowest BCUT2D eigenvalue weighted by atomic mass is 9.88. The molecule has 2 aromatic rings. The third-order valence-electron chi connectivity index (χ3n) is 5.03. The van der Waals surface area contributed by atoms with Crippen LogP contribution < -0.4 is 10.6 Å². The second kappa shape index (κ2) is 10.4. The molecule has 0 bridgehead atoms. The second-order valence-corrected chi connectivity index (χ2v) is 8.86. The molecule has 3 rings (SSSR count). The molecular formula is C22H22ClF3N2O2S. The van der Waals surface area contributed by atoms with Crippen LogP contribution in [0.25, 0.3) is 0 Å². The van der Waals surface area contributed by atoms with Crippen LogP contribution in [0, 0.1) is 5.92 Å². The minimum atomic E-state index is -4.63. The molecule has 2 amide bonds. The molecule has 9 heteroatoms. The first-order chi connectivity index (χ1) is 14.7. The van der Waals surface area contributed by atoms with Gasteiger partial charge in [0.2, 0.25) is 11.8 Å². The van der Waals surface area contributed by atoms with Gasteiger partial charge in [-0.15, -0.1) is 11.8 Å². The fourth-order valence-electron chi connectivity index (χ4n) is 3.44. The maximum Gasteiger partial charge on any atom is 0.418 e. The van der Waals surface area contributed by atoms with E-state index in [4.69, 9.17) is 11.6 Å². The Labute approximate surface area is 187 Å². The van der Waals surface area contributed by atoms with Crippen LogP contribution in [0.1, 0.15) is 37.7 Å². The number of thioether (sulfide) groups is 1. The van der Waals surface area contributed by atoms with Crippen LogP contribution in [-0.2, 0) is 15.8 Å². The Morgan fingerprint density at radius 1 is 1.00 bits per heavy atom. The van der Waals surface area contributed by atoms with Gasteiger partial charge in [0, 0.05) is 21.5 Å². The molecule has 1 aliphatic rings. The summed E-state index contributed by atoms with van der Waals surface area (Å²) in [5.74, 6) is -0.537. The third-order valence-corrected chi connectivity index (χ3v) is 6.28. The number of carbonyl (C=O) groups is 2. The molecule has 0 aliphatic heterocycles. The van der Waals surface area contributed by atoms with Crippen molar-refractivity contribution >= 4 is 46.6 Å². The van der Waals surface area contributed by atoms with Gasteiger partial charge in [0.25, 0.3) is 0 Å². The average Bonchev–Trinajstić information content (AvgIpc) is 2.74. The van der Waals surface area contributed by atoms with E-state index in [1.165, 1.54) is 24.2 Å². The van der Waals surface area contributed by atoms with Gasteiger partial charge in [-0.05, 0) is 55.3 Å². The van der Waals surface area contributed by atoms with Gasteiger partial charge in [-0.3, -0.25) is 9.59 Å². The standard InChI is InChI=1S/C22H22ClF3N2O2S/c23-15-6-11-19(18(12-15)22(24,25)26)28-20(29)13-31-17-9-7-16(8-10-17)27-21(30)14-4-2-1-3-5-14/h6-12,14H,1-5,13H2,(H,27,30)(H,28,29). The highest BCUT2D eigenvalue weighted by Gasteiger charge is 2.34. The molecule has 166 valence electrons. The number of hydrogen-bond donors (Lipinski definition) is 2. The minimum absolute atomic E-state index is 0.0305. The Morgan fingerprint density at radius 2 is 1.68 bits per heavy atom. The van der Waals surface area contributed by atoms with E-state index in [0.717, 1.165) is 42.7 Å². The van der Waals surface area contributed by atoms with Gasteiger partial charge in [0.15, 0.2) is 0 Å². The van der Waals surface area contributed by atoms with E-state index in [2.05, 4.69) is 10.6 Å². The van der Waals surface area contributed by atoms with E-state index >= 15 is 0 Å². The molecule has 0 unspecified atom stereocenters. The van der Waals surface area contributed by atoms with Gasteiger partial charge in [-0.2, -0.15) is 13.2 Å². The zero-order valence-corrected chi connectivity index (χ0v) is 18.2. The highest BCUT2D eigenvalue weighted by molar-refractivity contribution is 8.00. The van der Waals surface area contributed by atoms with Crippen molar-refractivity contribution < 1.29 is 22.8 Å². The van der Waals surface area contributed by atoms with Crippen molar-refractivity contribution in [3.63, 3.8) is 0 Å². The van der Waals surface area contributed by atoms with E-state index in [1.807, 2.05) is 0 Å². The summed E-state index contributed by atoms with van der Waals surface area (Å²) in [7, 11) is 0. The van der Waals surface area contributed by atoms with Crippen molar-refractivity contribution in [3.8, 4) is 0 Å². The highest BCUT2D eigenvalue weighted by Crippen LogP contribution is 2.36. The normalized spacial score (nSPS) is 14.8. The summed E-state index contributed by atoms with van der Waals surface area (Å²) < 4.78 is 39.4. The van der Waals surface area contributed by atoms with Crippen LogP contribution >= 0.6 is 23.4 Å². The first-order valence-corrected chi connectivity index (χ1v) is 11.3. The number of amides is 2. The quantitative estimate of drug-likeness (QED) is 0.467.